The van der Waals surface area contributed by atoms with Crippen molar-refractivity contribution in [2.45, 2.75) is 32.0 Å². The van der Waals surface area contributed by atoms with Crippen LogP contribution in [0.2, 0.25) is 0 Å². The van der Waals surface area contributed by atoms with Crippen molar-refractivity contribution in [2.24, 2.45) is 0 Å². The average molecular weight is 437 g/mol. The molecular formula is C23H24N4OS2. The maximum absolute atomic E-state index is 12.3. The van der Waals surface area contributed by atoms with E-state index in [-0.39, 0.29) is 5.91 Å². The number of rotatable bonds is 8. The Morgan fingerprint density at radius 3 is 2.73 bits per heavy atom. The molecule has 154 valence electrons. The van der Waals surface area contributed by atoms with Crippen LogP contribution < -0.4 is 5.32 Å². The Morgan fingerprint density at radius 2 is 1.93 bits per heavy atom. The summed E-state index contributed by atoms with van der Waals surface area (Å²) in [5, 5.41) is 6.97. The highest BCUT2D eigenvalue weighted by atomic mass is 32.2. The lowest BCUT2D eigenvalue weighted by molar-refractivity contribution is -0.118. The third kappa shape index (κ3) is 4.74. The zero-order valence-corrected chi connectivity index (χ0v) is 18.7. The second-order valence-electron chi connectivity index (χ2n) is 7.03. The van der Waals surface area contributed by atoms with Crippen molar-refractivity contribution >= 4 is 40.0 Å². The molecule has 0 spiro atoms. The van der Waals surface area contributed by atoms with Crippen LogP contribution >= 0.6 is 23.1 Å². The predicted octanol–water partition coefficient (Wildman–Crippen LogP) is 4.94. The number of para-hydroxylation sites is 2. The van der Waals surface area contributed by atoms with Gasteiger partial charge in [-0.1, -0.05) is 53.7 Å². The van der Waals surface area contributed by atoms with Gasteiger partial charge in [-0.25, -0.2) is 9.97 Å². The van der Waals surface area contributed by atoms with Crippen molar-refractivity contribution in [3.05, 3.63) is 65.2 Å². The Morgan fingerprint density at radius 1 is 1.13 bits per heavy atom. The minimum Gasteiger partial charge on any atom is -0.355 e. The molecule has 30 heavy (non-hydrogen) atoms. The number of aromatic nitrogens is 3. The van der Waals surface area contributed by atoms with E-state index < -0.39 is 0 Å². The SMILES string of the molecule is CCn1c(SCC(=O)NCCc2csc(-c3ccc(C)cc3)n2)nc2ccccc21. The highest BCUT2D eigenvalue weighted by Crippen LogP contribution is 2.25. The number of hydrogen-bond acceptors (Lipinski definition) is 5. The van der Waals surface area contributed by atoms with Crippen LogP contribution in [-0.4, -0.2) is 32.7 Å². The van der Waals surface area contributed by atoms with E-state index in [1.165, 1.54) is 17.3 Å². The third-order valence-electron chi connectivity index (χ3n) is 4.82. The standard InChI is InChI=1S/C23H24N4OS2/c1-3-27-20-7-5-4-6-19(20)26-23(27)30-15-21(28)24-13-12-18-14-29-22(25-18)17-10-8-16(2)9-11-17/h4-11,14H,3,12-13,15H2,1-2H3,(H,24,28). The Kier molecular flexibility index (Phi) is 6.50. The first-order chi connectivity index (χ1) is 14.6. The molecule has 0 unspecified atom stereocenters. The molecule has 0 aliphatic carbocycles. The number of imidazole rings is 1. The molecule has 0 saturated heterocycles. The van der Waals surface area contributed by atoms with Gasteiger partial charge in [0.15, 0.2) is 5.16 Å². The smallest absolute Gasteiger partial charge is 0.230 e. The summed E-state index contributed by atoms with van der Waals surface area (Å²) in [5.41, 5.74) is 5.46. The number of nitrogens with one attached hydrogen (secondary N) is 1. The quantitative estimate of drug-likeness (QED) is 0.398. The van der Waals surface area contributed by atoms with Crippen LogP contribution in [0.4, 0.5) is 0 Å². The number of thiazole rings is 1. The molecule has 0 aliphatic heterocycles. The molecule has 0 bridgehead atoms. The highest BCUT2D eigenvalue weighted by Gasteiger charge is 2.12. The van der Waals surface area contributed by atoms with Crippen molar-refractivity contribution in [3.63, 3.8) is 0 Å². The summed E-state index contributed by atoms with van der Waals surface area (Å²) >= 11 is 3.12. The van der Waals surface area contributed by atoms with Crippen LogP contribution in [0.1, 0.15) is 18.2 Å². The molecule has 2 heterocycles. The van der Waals surface area contributed by atoms with Gasteiger partial charge in [0.2, 0.25) is 5.91 Å². The van der Waals surface area contributed by atoms with Crippen LogP contribution in [0.25, 0.3) is 21.6 Å². The highest BCUT2D eigenvalue weighted by molar-refractivity contribution is 7.99. The molecule has 4 rings (SSSR count). The van der Waals surface area contributed by atoms with Gasteiger partial charge in [-0.3, -0.25) is 4.79 Å². The molecule has 2 aromatic carbocycles. The van der Waals surface area contributed by atoms with Crippen molar-refractivity contribution in [1.29, 1.82) is 0 Å². The van der Waals surface area contributed by atoms with E-state index in [2.05, 4.69) is 64.4 Å². The number of aryl methyl sites for hydroxylation is 2. The van der Waals surface area contributed by atoms with Gasteiger partial charge < -0.3 is 9.88 Å². The van der Waals surface area contributed by atoms with Crippen LogP contribution in [0.15, 0.2) is 59.1 Å². The van der Waals surface area contributed by atoms with Gasteiger partial charge in [-0.05, 0) is 26.0 Å². The van der Waals surface area contributed by atoms with Gasteiger partial charge in [0.25, 0.3) is 0 Å². The molecular weight excluding hydrogens is 412 g/mol. The number of thioether (sulfide) groups is 1. The fourth-order valence-electron chi connectivity index (χ4n) is 3.23. The van der Waals surface area contributed by atoms with E-state index in [0.717, 1.165) is 45.4 Å². The van der Waals surface area contributed by atoms with E-state index in [1.807, 2.05) is 18.2 Å². The maximum Gasteiger partial charge on any atom is 0.230 e. The summed E-state index contributed by atoms with van der Waals surface area (Å²) in [6, 6.07) is 16.5. The van der Waals surface area contributed by atoms with Gasteiger partial charge in [0.05, 0.1) is 22.5 Å². The van der Waals surface area contributed by atoms with Gasteiger partial charge in [0.1, 0.15) is 5.01 Å². The van der Waals surface area contributed by atoms with E-state index in [9.17, 15) is 4.79 Å². The minimum atomic E-state index is 0.0173. The predicted molar refractivity (Wildman–Crippen MR) is 125 cm³/mol. The topological polar surface area (TPSA) is 59.8 Å². The molecule has 0 aliphatic rings. The minimum absolute atomic E-state index is 0.0173. The van der Waals surface area contributed by atoms with Crippen molar-refractivity contribution < 1.29 is 4.79 Å². The number of hydrogen-bond donors (Lipinski definition) is 1. The summed E-state index contributed by atoms with van der Waals surface area (Å²) in [7, 11) is 0. The molecule has 0 saturated carbocycles. The zero-order chi connectivity index (χ0) is 20.9. The van der Waals surface area contributed by atoms with E-state index in [4.69, 9.17) is 4.98 Å². The van der Waals surface area contributed by atoms with Gasteiger partial charge in [0, 0.05) is 30.5 Å². The van der Waals surface area contributed by atoms with Crippen molar-refractivity contribution in [3.8, 4) is 10.6 Å². The number of amides is 1. The molecule has 0 atom stereocenters. The van der Waals surface area contributed by atoms with Crippen LogP contribution in [0.3, 0.4) is 0 Å². The number of carbonyl (C=O) groups excluding carboxylic acids is 1. The Hall–Kier alpha value is -2.64. The van der Waals surface area contributed by atoms with Crippen molar-refractivity contribution in [1.82, 2.24) is 19.9 Å². The van der Waals surface area contributed by atoms with Gasteiger partial charge in [-0.15, -0.1) is 11.3 Å². The largest absolute Gasteiger partial charge is 0.355 e. The summed E-state index contributed by atoms with van der Waals surface area (Å²) in [6.07, 6.45) is 0.728. The fraction of sp³-hybridized carbons (Fsp3) is 0.261. The lowest BCUT2D eigenvalue weighted by Gasteiger charge is -2.06. The molecule has 2 aromatic heterocycles. The van der Waals surface area contributed by atoms with E-state index >= 15 is 0 Å². The average Bonchev–Trinajstić information content (AvgIpc) is 3.37. The number of carbonyl (C=O) groups is 1. The molecule has 4 aromatic rings. The third-order valence-corrected chi connectivity index (χ3v) is 6.74. The summed E-state index contributed by atoms with van der Waals surface area (Å²) in [6.45, 7) is 5.59. The Bertz CT molecular complexity index is 1150. The first-order valence-electron chi connectivity index (χ1n) is 10.00. The number of fused-ring (bicyclic) bond motifs is 1. The summed E-state index contributed by atoms with van der Waals surface area (Å²) < 4.78 is 2.15. The molecule has 1 amide bonds. The first kappa shape index (κ1) is 20.6. The van der Waals surface area contributed by atoms with E-state index in [0.29, 0.717) is 12.3 Å². The zero-order valence-electron chi connectivity index (χ0n) is 17.1. The van der Waals surface area contributed by atoms with Gasteiger partial charge in [-0.2, -0.15) is 0 Å². The van der Waals surface area contributed by atoms with Gasteiger partial charge >= 0.3 is 0 Å². The molecule has 0 fully saturated rings. The summed E-state index contributed by atoms with van der Waals surface area (Å²) in [4.78, 5) is 21.6. The Labute approximate surface area is 184 Å². The number of benzene rings is 2. The monoisotopic (exact) mass is 436 g/mol. The van der Waals surface area contributed by atoms with Crippen molar-refractivity contribution in [2.75, 3.05) is 12.3 Å². The first-order valence-corrected chi connectivity index (χ1v) is 11.9. The molecule has 7 heteroatoms. The molecule has 1 N–H and O–H groups in total. The normalized spacial score (nSPS) is 11.1. The number of nitrogens with zero attached hydrogens (tertiary/aromatic N) is 3. The van der Waals surface area contributed by atoms with Crippen LogP contribution in [0, 0.1) is 6.92 Å². The maximum atomic E-state index is 12.3. The molecule has 0 radical (unpaired) electrons. The summed E-state index contributed by atoms with van der Waals surface area (Å²) in [5.74, 6) is 0.373. The molecule has 5 nitrogen and oxygen atoms in total. The second-order valence-corrected chi connectivity index (χ2v) is 8.83. The lowest BCUT2D eigenvalue weighted by atomic mass is 10.2. The second kappa shape index (κ2) is 9.45. The van der Waals surface area contributed by atoms with Crippen LogP contribution in [-0.2, 0) is 17.8 Å². The fourth-order valence-corrected chi connectivity index (χ4v) is 5.00. The van der Waals surface area contributed by atoms with Crippen LogP contribution in [0.5, 0.6) is 0 Å². The Balaban J connectivity index is 1.27. The lowest BCUT2D eigenvalue weighted by Crippen LogP contribution is -2.27. The van der Waals surface area contributed by atoms with E-state index in [1.54, 1.807) is 11.3 Å².